The van der Waals surface area contributed by atoms with Crippen LogP contribution < -0.4 is 10.0 Å². The minimum Gasteiger partial charge on any atom is -0.314 e. The highest BCUT2D eigenvalue weighted by Crippen LogP contribution is 2.17. The minimum absolute atomic E-state index is 0.0868. The molecule has 0 aliphatic rings. The highest BCUT2D eigenvalue weighted by molar-refractivity contribution is 9.10. The molecule has 0 atom stereocenters. The zero-order chi connectivity index (χ0) is 14.5. The zero-order valence-electron chi connectivity index (χ0n) is 11.4. The molecular formula is C12H20BrN3O2S. The standard InChI is InChI=1S/C12H20BrN3O2S/c1-9(2)14-5-4-6-19(17,18)16-12-7-10(3)11(13)8-15-12/h7-9,14H,4-6H2,1-3H3,(H,15,16). The predicted molar refractivity (Wildman–Crippen MR) is 81.8 cm³/mol. The van der Waals surface area contributed by atoms with Crippen LogP contribution in [-0.2, 0) is 10.0 Å². The Hall–Kier alpha value is -0.660. The Morgan fingerprint density at radius 2 is 2.11 bits per heavy atom. The third-order valence-electron chi connectivity index (χ3n) is 2.45. The van der Waals surface area contributed by atoms with Crippen LogP contribution in [0, 0.1) is 6.92 Å². The number of nitrogens with zero attached hydrogens (tertiary/aromatic N) is 1. The Kier molecular flexibility index (Phi) is 6.22. The molecule has 5 nitrogen and oxygen atoms in total. The van der Waals surface area contributed by atoms with Crippen LogP contribution in [0.3, 0.4) is 0 Å². The van der Waals surface area contributed by atoms with Crippen LogP contribution in [0.1, 0.15) is 25.8 Å². The van der Waals surface area contributed by atoms with E-state index in [0.717, 1.165) is 10.0 Å². The molecule has 1 heterocycles. The molecule has 19 heavy (non-hydrogen) atoms. The lowest BCUT2D eigenvalue weighted by Gasteiger charge is -2.10. The Balaban J connectivity index is 2.52. The van der Waals surface area contributed by atoms with E-state index in [1.54, 1.807) is 12.3 Å². The van der Waals surface area contributed by atoms with Crippen molar-refractivity contribution in [2.45, 2.75) is 33.2 Å². The van der Waals surface area contributed by atoms with Gasteiger partial charge < -0.3 is 5.32 Å². The van der Waals surface area contributed by atoms with Gasteiger partial charge >= 0.3 is 0 Å². The van der Waals surface area contributed by atoms with Gasteiger partial charge in [0, 0.05) is 16.7 Å². The number of anilines is 1. The zero-order valence-corrected chi connectivity index (χ0v) is 13.8. The molecule has 0 saturated carbocycles. The molecule has 7 heteroatoms. The normalized spacial score (nSPS) is 11.8. The van der Waals surface area contributed by atoms with Crippen LogP contribution in [0.2, 0.25) is 0 Å². The number of aryl methyl sites for hydroxylation is 1. The molecule has 1 aromatic heterocycles. The van der Waals surface area contributed by atoms with Gasteiger partial charge in [-0.1, -0.05) is 13.8 Å². The van der Waals surface area contributed by atoms with Crippen molar-refractivity contribution in [2.75, 3.05) is 17.0 Å². The second-order valence-corrected chi connectivity index (χ2v) is 7.40. The van der Waals surface area contributed by atoms with E-state index in [1.807, 2.05) is 20.8 Å². The largest absolute Gasteiger partial charge is 0.314 e. The molecule has 0 aliphatic heterocycles. The van der Waals surface area contributed by atoms with E-state index in [2.05, 4.69) is 31.0 Å². The Morgan fingerprint density at radius 1 is 1.42 bits per heavy atom. The minimum atomic E-state index is -3.33. The first-order valence-electron chi connectivity index (χ1n) is 6.16. The van der Waals surface area contributed by atoms with Gasteiger partial charge in [0.15, 0.2) is 0 Å². The van der Waals surface area contributed by atoms with Crippen LogP contribution in [0.5, 0.6) is 0 Å². The summed E-state index contributed by atoms with van der Waals surface area (Å²) in [7, 11) is -3.33. The van der Waals surface area contributed by atoms with E-state index in [-0.39, 0.29) is 5.75 Å². The first-order chi connectivity index (χ1) is 8.80. The predicted octanol–water partition coefficient (Wildman–Crippen LogP) is 2.28. The van der Waals surface area contributed by atoms with Crippen LogP contribution >= 0.6 is 15.9 Å². The van der Waals surface area contributed by atoms with Gasteiger partial charge in [-0.3, -0.25) is 4.72 Å². The maximum absolute atomic E-state index is 11.9. The second-order valence-electron chi connectivity index (χ2n) is 4.70. The number of hydrogen-bond donors (Lipinski definition) is 2. The highest BCUT2D eigenvalue weighted by atomic mass is 79.9. The first-order valence-corrected chi connectivity index (χ1v) is 8.61. The van der Waals surface area contributed by atoms with Crippen molar-refractivity contribution in [1.82, 2.24) is 10.3 Å². The van der Waals surface area contributed by atoms with Crippen LogP contribution in [0.15, 0.2) is 16.7 Å². The lowest BCUT2D eigenvalue weighted by molar-refractivity contribution is 0.571. The maximum atomic E-state index is 11.9. The van der Waals surface area contributed by atoms with E-state index in [9.17, 15) is 8.42 Å². The van der Waals surface area contributed by atoms with Crippen molar-refractivity contribution >= 4 is 31.8 Å². The van der Waals surface area contributed by atoms with Gasteiger partial charge in [-0.2, -0.15) is 0 Å². The molecule has 0 saturated heterocycles. The highest BCUT2D eigenvalue weighted by Gasteiger charge is 2.11. The average Bonchev–Trinajstić information content (AvgIpc) is 2.29. The van der Waals surface area contributed by atoms with Gasteiger partial charge in [-0.05, 0) is 47.4 Å². The fourth-order valence-electron chi connectivity index (χ4n) is 1.46. The van der Waals surface area contributed by atoms with Gasteiger partial charge in [-0.15, -0.1) is 0 Å². The summed E-state index contributed by atoms with van der Waals surface area (Å²) in [5.74, 6) is 0.446. The van der Waals surface area contributed by atoms with Crippen LogP contribution in [0.25, 0.3) is 0 Å². The van der Waals surface area contributed by atoms with Gasteiger partial charge in [0.1, 0.15) is 5.82 Å². The second kappa shape index (κ2) is 7.21. The lowest BCUT2D eigenvalue weighted by Crippen LogP contribution is -2.26. The van der Waals surface area contributed by atoms with Crippen molar-refractivity contribution in [3.8, 4) is 0 Å². The van der Waals surface area contributed by atoms with Crippen molar-refractivity contribution in [3.63, 3.8) is 0 Å². The SMILES string of the molecule is Cc1cc(NS(=O)(=O)CCCNC(C)C)ncc1Br. The number of rotatable bonds is 7. The molecule has 0 spiro atoms. The Bertz CT molecular complexity index is 518. The average molecular weight is 350 g/mol. The van der Waals surface area contributed by atoms with Gasteiger partial charge in [0.25, 0.3) is 0 Å². The molecule has 0 unspecified atom stereocenters. The number of nitrogens with one attached hydrogen (secondary N) is 2. The van der Waals surface area contributed by atoms with Crippen LogP contribution in [0.4, 0.5) is 5.82 Å². The fourth-order valence-corrected chi connectivity index (χ4v) is 2.73. The summed E-state index contributed by atoms with van der Waals surface area (Å²) in [6.45, 7) is 6.63. The number of pyridine rings is 1. The van der Waals surface area contributed by atoms with Crippen molar-refractivity contribution in [2.24, 2.45) is 0 Å². The monoisotopic (exact) mass is 349 g/mol. The first kappa shape index (κ1) is 16.4. The molecular weight excluding hydrogens is 330 g/mol. The Morgan fingerprint density at radius 3 is 2.68 bits per heavy atom. The van der Waals surface area contributed by atoms with E-state index >= 15 is 0 Å². The number of hydrogen-bond acceptors (Lipinski definition) is 4. The molecule has 2 N–H and O–H groups in total. The molecule has 0 amide bonds. The van der Waals surface area contributed by atoms with Crippen molar-refractivity contribution < 1.29 is 8.42 Å². The van der Waals surface area contributed by atoms with Gasteiger partial charge in [0.2, 0.25) is 10.0 Å². The molecule has 0 radical (unpaired) electrons. The van der Waals surface area contributed by atoms with Crippen LogP contribution in [-0.4, -0.2) is 31.7 Å². The summed E-state index contributed by atoms with van der Waals surface area (Å²) in [4.78, 5) is 4.03. The van der Waals surface area contributed by atoms with E-state index in [1.165, 1.54) is 0 Å². The molecule has 108 valence electrons. The lowest BCUT2D eigenvalue weighted by atomic mass is 10.3. The Labute approximate surface area is 123 Å². The summed E-state index contributed by atoms with van der Waals surface area (Å²) in [6, 6.07) is 2.07. The number of sulfonamides is 1. The summed E-state index contributed by atoms with van der Waals surface area (Å²) in [6.07, 6.45) is 2.16. The number of aromatic nitrogens is 1. The molecule has 0 bridgehead atoms. The third-order valence-corrected chi connectivity index (χ3v) is 4.63. The maximum Gasteiger partial charge on any atom is 0.233 e. The summed E-state index contributed by atoms with van der Waals surface area (Å²) in [5.41, 5.74) is 0.939. The smallest absolute Gasteiger partial charge is 0.233 e. The topological polar surface area (TPSA) is 71.1 Å². The van der Waals surface area contributed by atoms with E-state index in [4.69, 9.17) is 0 Å². The van der Waals surface area contributed by atoms with Crippen molar-refractivity contribution in [1.29, 1.82) is 0 Å². The molecule has 0 fully saturated rings. The molecule has 1 aromatic rings. The third kappa shape index (κ3) is 6.35. The number of halogens is 1. The molecule has 0 aliphatic carbocycles. The van der Waals surface area contributed by atoms with E-state index < -0.39 is 10.0 Å². The summed E-state index contributed by atoms with van der Waals surface area (Å²) >= 11 is 3.33. The molecule has 0 aromatic carbocycles. The quantitative estimate of drug-likeness (QED) is 0.740. The fraction of sp³-hybridized carbons (Fsp3) is 0.583. The summed E-state index contributed by atoms with van der Waals surface area (Å²) in [5, 5.41) is 3.18. The van der Waals surface area contributed by atoms with Gasteiger partial charge in [-0.25, -0.2) is 13.4 Å². The van der Waals surface area contributed by atoms with Crippen molar-refractivity contribution in [3.05, 3.63) is 22.3 Å². The van der Waals surface area contributed by atoms with Gasteiger partial charge in [0.05, 0.1) is 5.75 Å². The molecule has 1 rings (SSSR count). The summed E-state index contributed by atoms with van der Waals surface area (Å²) < 4.78 is 27.0. The van der Waals surface area contributed by atoms with E-state index in [0.29, 0.717) is 24.8 Å².